The van der Waals surface area contributed by atoms with Gasteiger partial charge in [-0.25, -0.2) is 0 Å². The monoisotopic (exact) mass is 284 g/mol. The molecule has 110 valence electrons. The second kappa shape index (κ2) is 5.41. The summed E-state index contributed by atoms with van der Waals surface area (Å²) < 4.78 is 11.0. The number of phenolic OH excluding ortho intramolecular Hbond substituents is 1. The average molecular weight is 284 g/mol. The Bertz CT molecular complexity index is 595. The molecule has 1 aliphatic rings. The lowest BCUT2D eigenvalue weighted by Gasteiger charge is -2.28. The predicted octanol–water partition coefficient (Wildman–Crippen LogP) is 3.84. The maximum atomic E-state index is 9.41. The highest BCUT2D eigenvalue weighted by atomic mass is 16.7. The maximum absolute atomic E-state index is 9.41. The van der Waals surface area contributed by atoms with Gasteiger partial charge in [0, 0.05) is 11.8 Å². The van der Waals surface area contributed by atoms with E-state index in [4.69, 9.17) is 9.47 Å². The van der Waals surface area contributed by atoms with Crippen LogP contribution in [0.15, 0.2) is 48.5 Å². The van der Waals surface area contributed by atoms with Crippen molar-refractivity contribution in [1.29, 1.82) is 0 Å². The molecule has 3 heteroatoms. The highest BCUT2D eigenvalue weighted by Crippen LogP contribution is 2.33. The van der Waals surface area contributed by atoms with Gasteiger partial charge in [0.25, 0.3) is 0 Å². The summed E-state index contributed by atoms with van der Waals surface area (Å²) in [4.78, 5) is 0. The average Bonchev–Trinajstić information content (AvgIpc) is 2.44. The van der Waals surface area contributed by atoms with Crippen molar-refractivity contribution in [3.63, 3.8) is 0 Å². The van der Waals surface area contributed by atoms with Crippen molar-refractivity contribution < 1.29 is 14.6 Å². The van der Waals surface area contributed by atoms with Crippen molar-refractivity contribution in [2.24, 2.45) is 0 Å². The molecule has 1 saturated heterocycles. The maximum Gasteiger partial charge on any atom is 0.202 e. The van der Waals surface area contributed by atoms with Gasteiger partial charge >= 0.3 is 0 Å². The first kappa shape index (κ1) is 14.0. The molecule has 2 aromatic rings. The van der Waals surface area contributed by atoms with Crippen LogP contribution in [0.5, 0.6) is 11.5 Å². The Morgan fingerprint density at radius 1 is 1.00 bits per heavy atom. The van der Waals surface area contributed by atoms with Gasteiger partial charge in [-0.3, -0.25) is 0 Å². The normalized spacial score (nSPS) is 18.1. The summed E-state index contributed by atoms with van der Waals surface area (Å²) in [5.74, 6) is 1.13. The Balaban J connectivity index is 1.79. The molecule has 1 N–H and O–H groups in total. The third kappa shape index (κ3) is 2.88. The lowest BCUT2D eigenvalue weighted by molar-refractivity contribution is -0.165. The first-order chi connectivity index (χ1) is 10.1. The SMILES string of the molecule is CC(C)(c1ccc(O)cc1)c1ccc(OC2CCO2)cc1. The van der Waals surface area contributed by atoms with Crippen molar-refractivity contribution in [3.8, 4) is 11.5 Å². The minimum absolute atomic E-state index is 0.0824. The first-order valence-electron chi connectivity index (χ1n) is 7.24. The molecular formula is C18H20O3. The lowest BCUT2D eigenvalue weighted by Crippen LogP contribution is -2.32. The van der Waals surface area contributed by atoms with Gasteiger partial charge in [-0.2, -0.15) is 0 Å². The summed E-state index contributed by atoms with van der Waals surface area (Å²) in [6, 6.07) is 15.5. The summed E-state index contributed by atoms with van der Waals surface area (Å²) in [5.41, 5.74) is 2.24. The predicted molar refractivity (Wildman–Crippen MR) is 81.7 cm³/mol. The summed E-state index contributed by atoms with van der Waals surface area (Å²) in [7, 11) is 0. The zero-order valence-corrected chi connectivity index (χ0v) is 12.4. The van der Waals surface area contributed by atoms with E-state index in [2.05, 4.69) is 26.0 Å². The van der Waals surface area contributed by atoms with Gasteiger partial charge in [-0.1, -0.05) is 38.1 Å². The van der Waals surface area contributed by atoms with Crippen LogP contribution in [0.4, 0.5) is 0 Å². The van der Waals surface area contributed by atoms with Crippen molar-refractivity contribution >= 4 is 0 Å². The Morgan fingerprint density at radius 2 is 1.52 bits per heavy atom. The second-order valence-electron chi connectivity index (χ2n) is 5.90. The number of rotatable bonds is 4. The van der Waals surface area contributed by atoms with Crippen LogP contribution in [0.2, 0.25) is 0 Å². The largest absolute Gasteiger partial charge is 0.508 e. The number of hydrogen-bond acceptors (Lipinski definition) is 3. The van der Waals surface area contributed by atoms with Gasteiger partial charge in [0.15, 0.2) is 0 Å². The molecule has 0 radical (unpaired) electrons. The van der Waals surface area contributed by atoms with Crippen LogP contribution in [0.3, 0.4) is 0 Å². The van der Waals surface area contributed by atoms with E-state index in [1.807, 2.05) is 24.3 Å². The van der Waals surface area contributed by atoms with Crippen molar-refractivity contribution in [3.05, 3.63) is 59.7 Å². The Kier molecular flexibility index (Phi) is 3.60. The number of hydrogen-bond donors (Lipinski definition) is 1. The molecule has 2 aromatic carbocycles. The number of ether oxygens (including phenoxy) is 2. The van der Waals surface area contributed by atoms with Crippen LogP contribution < -0.4 is 4.74 Å². The number of benzene rings is 2. The fourth-order valence-corrected chi connectivity index (χ4v) is 2.45. The molecule has 1 atom stereocenters. The van der Waals surface area contributed by atoms with Crippen LogP contribution in [0, 0.1) is 0 Å². The minimum atomic E-state index is -0.126. The molecule has 21 heavy (non-hydrogen) atoms. The highest BCUT2D eigenvalue weighted by molar-refractivity contribution is 5.41. The molecule has 1 aliphatic heterocycles. The fraction of sp³-hybridized carbons (Fsp3) is 0.333. The number of phenols is 1. The van der Waals surface area contributed by atoms with E-state index in [1.54, 1.807) is 12.1 Å². The van der Waals surface area contributed by atoms with Crippen LogP contribution in [-0.2, 0) is 10.2 Å². The summed E-state index contributed by atoms with van der Waals surface area (Å²) in [6.45, 7) is 5.13. The molecule has 0 bridgehead atoms. The topological polar surface area (TPSA) is 38.7 Å². The van der Waals surface area contributed by atoms with E-state index < -0.39 is 0 Å². The molecule has 1 heterocycles. The summed E-state index contributed by atoms with van der Waals surface area (Å²) in [5, 5.41) is 9.41. The smallest absolute Gasteiger partial charge is 0.202 e. The summed E-state index contributed by atoms with van der Waals surface area (Å²) >= 11 is 0. The molecule has 0 aliphatic carbocycles. The van der Waals surface area contributed by atoms with Crippen molar-refractivity contribution in [2.45, 2.75) is 32.0 Å². The van der Waals surface area contributed by atoms with Gasteiger partial charge in [-0.15, -0.1) is 0 Å². The zero-order chi connectivity index (χ0) is 14.9. The molecule has 3 nitrogen and oxygen atoms in total. The molecule has 1 fully saturated rings. The van der Waals surface area contributed by atoms with Crippen LogP contribution in [0.1, 0.15) is 31.4 Å². The second-order valence-corrected chi connectivity index (χ2v) is 5.90. The quantitative estimate of drug-likeness (QED) is 0.927. The van der Waals surface area contributed by atoms with Crippen LogP contribution in [-0.4, -0.2) is 18.0 Å². The van der Waals surface area contributed by atoms with Crippen LogP contribution in [0.25, 0.3) is 0 Å². The standard InChI is InChI=1S/C18H20O3/c1-18(2,13-3-7-15(19)8-4-13)14-5-9-16(10-6-14)21-17-11-12-20-17/h3-10,17,19H,11-12H2,1-2H3. The Labute approximate surface area is 125 Å². The van der Waals surface area contributed by atoms with Gasteiger partial charge in [0.05, 0.1) is 6.61 Å². The van der Waals surface area contributed by atoms with Crippen molar-refractivity contribution in [2.75, 3.05) is 6.61 Å². The molecule has 0 aromatic heterocycles. The third-order valence-electron chi connectivity index (χ3n) is 4.09. The lowest BCUT2D eigenvalue weighted by atomic mass is 9.78. The van der Waals surface area contributed by atoms with E-state index >= 15 is 0 Å². The fourth-order valence-electron chi connectivity index (χ4n) is 2.45. The summed E-state index contributed by atoms with van der Waals surface area (Å²) in [6.07, 6.45) is 0.877. The molecule has 0 saturated carbocycles. The molecule has 0 amide bonds. The van der Waals surface area contributed by atoms with Gasteiger partial charge in [-0.05, 0) is 35.4 Å². The molecule has 3 rings (SSSR count). The van der Waals surface area contributed by atoms with Gasteiger partial charge < -0.3 is 14.6 Å². The van der Waals surface area contributed by atoms with E-state index in [1.165, 1.54) is 5.56 Å². The highest BCUT2D eigenvalue weighted by Gasteiger charge is 2.24. The van der Waals surface area contributed by atoms with Crippen LogP contribution >= 0.6 is 0 Å². The van der Waals surface area contributed by atoms with E-state index in [0.717, 1.165) is 24.3 Å². The van der Waals surface area contributed by atoms with E-state index in [9.17, 15) is 5.11 Å². The minimum Gasteiger partial charge on any atom is -0.508 e. The Morgan fingerprint density at radius 3 is 2.00 bits per heavy atom. The van der Waals surface area contributed by atoms with Gasteiger partial charge in [0.2, 0.25) is 6.29 Å². The number of aromatic hydroxyl groups is 1. The van der Waals surface area contributed by atoms with Crippen molar-refractivity contribution in [1.82, 2.24) is 0 Å². The van der Waals surface area contributed by atoms with E-state index in [-0.39, 0.29) is 11.7 Å². The molecular weight excluding hydrogens is 264 g/mol. The first-order valence-corrected chi connectivity index (χ1v) is 7.24. The molecule has 1 unspecified atom stereocenters. The zero-order valence-electron chi connectivity index (χ0n) is 12.4. The van der Waals surface area contributed by atoms with Gasteiger partial charge in [0.1, 0.15) is 11.5 Å². The molecule has 0 spiro atoms. The third-order valence-corrected chi connectivity index (χ3v) is 4.09. The Hall–Kier alpha value is -2.00. The van der Waals surface area contributed by atoms with E-state index in [0.29, 0.717) is 5.75 Å².